The summed E-state index contributed by atoms with van der Waals surface area (Å²) in [6, 6.07) is -0.0972. The summed E-state index contributed by atoms with van der Waals surface area (Å²) in [7, 11) is -2.99. The molecule has 7 aliphatic rings. The molecule has 0 aromatic carbocycles. The lowest BCUT2D eigenvalue weighted by Crippen LogP contribution is -2.69. The number of nitrogens with one attached hydrogen (secondary N) is 1. The molecular formula is C45H76N2O7S. The van der Waals surface area contributed by atoms with Gasteiger partial charge in [0.05, 0.1) is 29.4 Å². The maximum atomic E-state index is 13.6. The molecule has 3 N–H and O–H groups in total. The molecule has 55 heavy (non-hydrogen) atoms. The van der Waals surface area contributed by atoms with Gasteiger partial charge in [-0.3, -0.25) is 14.5 Å². The maximum absolute atomic E-state index is 13.6. The number of rotatable bonds is 9. The summed E-state index contributed by atoms with van der Waals surface area (Å²) in [6.45, 7) is 24.9. The van der Waals surface area contributed by atoms with Crippen molar-refractivity contribution in [2.24, 2.45) is 74.4 Å². The van der Waals surface area contributed by atoms with Gasteiger partial charge in [0.1, 0.15) is 6.10 Å². The zero-order valence-electron chi connectivity index (χ0n) is 36.0. The van der Waals surface area contributed by atoms with E-state index in [1.165, 1.54) is 38.5 Å². The Hall–Kier alpha value is -1.23. The van der Waals surface area contributed by atoms with Crippen molar-refractivity contribution in [1.29, 1.82) is 0 Å². The second kappa shape index (κ2) is 13.9. The summed E-state index contributed by atoms with van der Waals surface area (Å²) in [5.41, 5.74) is -0.131. The van der Waals surface area contributed by atoms with Crippen molar-refractivity contribution in [2.45, 2.75) is 164 Å². The zero-order valence-corrected chi connectivity index (χ0v) is 36.8. The largest absolute Gasteiger partial charge is 0.481 e. The Kier molecular flexibility index (Phi) is 10.6. The molecule has 9 nitrogen and oxygen atoms in total. The summed E-state index contributed by atoms with van der Waals surface area (Å²) in [5.74, 6) is 2.01. The van der Waals surface area contributed by atoms with E-state index in [4.69, 9.17) is 4.74 Å². The first-order valence-electron chi connectivity index (χ1n) is 22.3. The highest BCUT2D eigenvalue weighted by atomic mass is 32.2. The van der Waals surface area contributed by atoms with Gasteiger partial charge < -0.3 is 20.3 Å². The minimum atomic E-state index is -2.99. The van der Waals surface area contributed by atoms with E-state index in [9.17, 15) is 28.2 Å². The van der Waals surface area contributed by atoms with E-state index >= 15 is 0 Å². The number of hydrogen-bond acceptors (Lipinski definition) is 8. The Morgan fingerprint density at radius 3 is 2.07 bits per heavy atom. The number of carboxylic acids is 1. The van der Waals surface area contributed by atoms with Crippen molar-refractivity contribution in [3.8, 4) is 0 Å². The molecule has 0 amide bonds. The van der Waals surface area contributed by atoms with E-state index in [0.29, 0.717) is 61.6 Å². The van der Waals surface area contributed by atoms with Crippen LogP contribution in [0.15, 0.2) is 0 Å². The molecule has 10 heteroatoms. The molecule has 14 atom stereocenters. The molecule has 0 bridgehead atoms. The SMILES string of the molecule is CC(C)[C@@H]1CC[C@]2(NC[C@H]([C@H](C)O)N3CCS(=O)(=O)CC3)CC[C@]3(C)[C@H](CC[C@@H]4[C@@]5(C)CC[C@H](OC(=O)[C@@H]6C[C@H](C(=O)O)C6(C)C)C(C)(C)[C@@H]5CC[C@]43C)[C@@H]12. The highest BCUT2D eigenvalue weighted by molar-refractivity contribution is 7.91. The smallest absolute Gasteiger partial charge is 0.309 e. The summed E-state index contributed by atoms with van der Waals surface area (Å²) in [5, 5.41) is 24.9. The summed E-state index contributed by atoms with van der Waals surface area (Å²) in [6.07, 6.45) is 11.2. The van der Waals surface area contributed by atoms with E-state index in [1.807, 2.05) is 20.8 Å². The first-order chi connectivity index (χ1) is 25.5. The minimum Gasteiger partial charge on any atom is -0.481 e. The van der Waals surface area contributed by atoms with Gasteiger partial charge in [-0.1, -0.05) is 62.3 Å². The molecule has 6 aliphatic carbocycles. The molecule has 1 heterocycles. The van der Waals surface area contributed by atoms with Crippen LogP contribution >= 0.6 is 0 Å². The average molecular weight is 789 g/mol. The van der Waals surface area contributed by atoms with E-state index in [1.54, 1.807) is 0 Å². The van der Waals surface area contributed by atoms with Gasteiger partial charge in [-0.05, 0) is 135 Å². The van der Waals surface area contributed by atoms with Gasteiger partial charge in [0.25, 0.3) is 0 Å². The number of aliphatic hydroxyl groups excluding tert-OH is 1. The monoisotopic (exact) mass is 789 g/mol. The number of hydrogen-bond donors (Lipinski definition) is 3. The van der Waals surface area contributed by atoms with E-state index in [-0.39, 0.29) is 62.7 Å². The van der Waals surface area contributed by atoms with Crippen molar-refractivity contribution in [2.75, 3.05) is 31.1 Å². The molecule has 0 radical (unpaired) electrons. The van der Waals surface area contributed by atoms with Crippen LogP contribution < -0.4 is 5.32 Å². The normalized spacial score (nSPS) is 46.9. The van der Waals surface area contributed by atoms with Gasteiger partial charge in [0.15, 0.2) is 9.84 Å². The fourth-order valence-corrected chi connectivity index (χ4v) is 17.1. The average Bonchev–Trinajstić information content (AvgIpc) is 3.46. The zero-order chi connectivity index (χ0) is 40.3. The summed E-state index contributed by atoms with van der Waals surface area (Å²) in [4.78, 5) is 27.6. The van der Waals surface area contributed by atoms with Crippen LogP contribution in [0, 0.1) is 74.4 Å². The van der Waals surface area contributed by atoms with Crippen LogP contribution in [-0.4, -0.2) is 90.4 Å². The van der Waals surface area contributed by atoms with Gasteiger partial charge in [0, 0.05) is 36.6 Å². The number of aliphatic hydroxyl groups is 1. The fraction of sp³-hybridized carbons (Fsp3) is 0.956. The van der Waals surface area contributed by atoms with Crippen LogP contribution in [0.3, 0.4) is 0 Å². The van der Waals surface area contributed by atoms with E-state index < -0.39 is 33.2 Å². The molecule has 0 aromatic rings. The van der Waals surface area contributed by atoms with Crippen molar-refractivity contribution >= 4 is 21.8 Å². The van der Waals surface area contributed by atoms with Crippen molar-refractivity contribution in [3.63, 3.8) is 0 Å². The van der Waals surface area contributed by atoms with Crippen molar-refractivity contribution in [1.82, 2.24) is 10.2 Å². The lowest BCUT2D eigenvalue weighted by atomic mass is 9.32. The van der Waals surface area contributed by atoms with Gasteiger partial charge >= 0.3 is 11.9 Å². The third kappa shape index (κ3) is 6.40. The number of sulfone groups is 1. The maximum Gasteiger partial charge on any atom is 0.309 e. The Bertz CT molecular complexity index is 1600. The lowest BCUT2D eigenvalue weighted by molar-refractivity contribution is -0.249. The molecule has 0 spiro atoms. The third-order valence-electron chi connectivity index (χ3n) is 19.5. The van der Waals surface area contributed by atoms with Crippen LogP contribution in [0.1, 0.15) is 140 Å². The number of carbonyl (C=O) groups excluding carboxylic acids is 1. The molecule has 1 aliphatic heterocycles. The third-order valence-corrected chi connectivity index (χ3v) is 21.1. The van der Waals surface area contributed by atoms with Crippen LogP contribution in [0.5, 0.6) is 0 Å². The highest BCUT2D eigenvalue weighted by Crippen LogP contribution is 2.76. The van der Waals surface area contributed by atoms with Crippen LogP contribution in [0.2, 0.25) is 0 Å². The lowest BCUT2D eigenvalue weighted by Gasteiger charge is -2.73. The van der Waals surface area contributed by atoms with Gasteiger partial charge in [-0.2, -0.15) is 0 Å². The number of carboxylic acid groups (broad SMARTS) is 1. The molecule has 6 saturated carbocycles. The molecule has 7 fully saturated rings. The molecular weight excluding hydrogens is 713 g/mol. The van der Waals surface area contributed by atoms with Crippen molar-refractivity contribution in [3.05, 3.63) is 0 Å². The number of ether oxygens (including phenoxy) is 1. The second-order valence-corrected chi connectivity index (χ2v) is 24.8. The van der Waals surface area contributed by atoms with E-state index in [0.717, 1.165) is 25.7 Å². The minimum absolute atomic E-state index is 0.0435. The van der Waals surface area contributed by atoms with Crippen LogP contribution in [0.4, 0.5) is 0 Å². The van der Waals surface area contributed by atoms with Gasteiger partial charge in [-0.15, -0.1) is 0 Å². The Balaban J connectivity index is 1.10. The number of esters is 1. The first-order valence-corrected chi connectivity index (χ1v) is 24.1. The Labute approximate surface area is 333 Å². The first kappa shape index (κ1) is 41.9. The predicted molar refractivity (Wildman–Crippen MR) is 216 cm³/mol. The fourth-order valence-electron chi connectivity index (χ4n) is 15.8. The molecule has 0 unspecified atom stereocenters. The summed E-state index contributed by atoms with van der Waals surface area (Å²) >= 11 is 0. The Morgan fingerprint density at radius 1 is 0.800 bits per heavy atom. The quantitative estimate of drug-likeness (QED) is 0.208. The number of nitrogens with zero attached hydrogens (tertiary/aromatic N) is 1. The van der Waals surface area contributed by atoms with Crippen LogP contribution in [-0.2, 0) is 24.2 Å². The molecule has 314 valence electrons. The topological polar surface area (TPSA) is 133 Å². The standard InChI is InChI=1S/C45H76N2O7S/c1-27(2)29-13-18-45(46-26-33(28(3)48)47-21-23-55(52,53)24-22-47)20-19-43(9)30(37(29)45)11-12-35-42(8)16-15-36(41(6,7)34(42)14-17-44(35,43)10)54-39(51)32-25-31(38(49)50)40(32,4)5/h27-37,46,48H,11-26H2,1-10H3,(H,49,50)/t28-,29-,30+,31+,32-,33+,34-,35+,36-,37+,42-,43+,44+,45-/m0/s1. The molecule has 7 rings (SSSR count). The number of carbonyl (C=O) groups is 2. The van der Waals surface area contributed by atoms with Crippen LogP contribution in [0.25, 0.3) is 0 Å². The van der Waals surface area contributed by atoms with Crippen molar-refractivity contribution < 1.29 is 33.0 Å². The van der Waals surface area contributed by atoms with Gasteiger partial charge in [-0.25, -0.2) is 8.42 Å². The number of fused-ring (bicyclic) bond motifs is 7. The molecule has 0 aromatic heterocycles. The van der Waals surface area contributed by atoms with E-state index in [2.05, 4.69) is 58.7 Å². The predicted octanol–water partition coefficient (Wildman–Crippen LogP) is 7.20. The number of aliphatic carboxylic acids is 1. The highest BCUT2D eigenvalue weighted by Gasteiger charge is 2.71. The van der Waals surface area contributed by atoms with Gasteiger partial charge in [0.2, 0.25) is 0 Å². The summed E-state index contributed by atoms with van der Waals surface area (Å²) < 4.78 is 31.0. The Morgan fingerprint density at radius 2 is 1.47 bits per heavy atom. The second-order valence-electron chi connectivity index (χ2n) is 22.5. The molecule has 1 saturated heterocycles.